The first-order valence-electron chi connectivity index (χ1n) is 7.61. The Balaban J connectivity index is 1.89. The lowest BCUT2D eigenvalue weighted by Gasteiger charge is -2.27. The molecule has 0 saturated carbocycles. The van der Waals surface area contributed by atoms with E-state index in [-0.39, 0.29) is 0 Å². The zero-order chi connectivity index (χ0) is 17.4. The van der Waals surface area contributed by atoms with Crippen molar-refractivity contribution >= 4 is 11.7 Å². The molecule has 24 heavy (non-hydrogen) atoms. The second-order valence-corrected chi connectivity index (χ2v) is 5.12. The molecule has 6 nitrogen and oxygen atoms in total. The SMILES string of the molecule is COc1ccc(OCCCN(c2ccccc2)C(O)C(=O)O)cc1. The predicted octanol–water partition coefficient (Wildman–Crippen LogP) is 2.37. The molecule has 0 saturated heterocycles. The highest BCUT2D eigenvalue weighted by molar-refractivity contribution is 5.76. The molecule has 0 spiro atoms. The molecule has 0 amide bonds. The van der Waals surface area contributed by atoms with Crippen LogP contribution in [-0.4, -0.2) is 42.7 Å². The van der Waals surface area contributed by atoms with Gasteiger partial charge in [-0.15, -0.1) is 0 Å². The van der Waals surface area contributed by atoms with Crippen LogP contribution in [0, 0.1) is 0 Å². The van der Waals surface area contributed by atoms with Gasteiger partial charge in [-0.25, -0.2) is 4.79 Å². The fraction of sp³-hybridized carbons (Fsp3) is 0.278. The maximum atomic E-state index is 11.1. The average molecular weight is 331 g/mol. The van der Waals surface area contributed by atoms with Crippen LogP contribution in [0.4, 0.5) is 5.69 Å². The Bertz CT molecular complexity index is 630. The molecule has 1 atom stereocenters. The topological polar surface area (TPSA) is 79.2 Å². The van der Waals surface area contributed by atoms with Crippen molar-refractivity contribution in [2.75, 3.05) is 25.2 Å². The van der Waals surface area contributed by atoms with Crippen molar-refractivity contribution in [3.63, 3.8) is 0 Å². The number of hydrogen-bond donors (Lipinski definition) is 2. The van der Waals surface area contributed by atoms with Gasteiger partial charge in [-0.05, 0) is 42.8 Å². The van der Waals surface area contributed by atoms with Gasteiger partial charge in [0.25, 0.3) is 0 Å². The van der Waals surface area contributed by atoms with Gasteiger partial charge in [-0.2, -0.15) is 0 Å². The van der Waals surface area contributed by atoms with Crippen molar-refractivity contribution in [2.45, 2.75) is 12.6 Å². The summed E-state index contributed by atoms with van der Waals surface area (Å²) in [6, 6.07) is 16.2. The van der Waals surface area contributed by atoms with Crippen molar-refractivity contribution in [2.24, 2.45) is 0 Å². The first-order chi connectivity index (χ1) is 11.6. The average Bonchev–Trinajstić information content (AvgIpc) is 2.62. The molecule has 0 aliphatic heterocycles. The van der Waals surface area contributed by atoms with Gasteiger partial charge in [-0.3, -0.25) is 0 Å². The molecule has 0 bridgehead atoms. The van der Waals surface area contributed by atoms with Crippen molar-refractivity contribution in [1.82, 2.24) is 0 Å². The molecule has 0 aliphatic carbocycles. The largest absolute Gasteiger partial charge is 0.497 e. The van der Waals surface area contributed by atoms with Crippen molar-refractivity contribution in [3.05, 3.63) is 54.6 Å². The number of methoxy groups -OCH3 is 1. The lowest BCUT2D eigenvalue weighted by atomic mass is 10.2. The van der Waals surface area contributed by atoms with E-state index in [1.54, 1.807) is 55.6 Å². The van der Waals surface area contributed by atoms with E-state index in [0.717, 1.165) is 5.75 Å². The van der Waals surface area contributed by atoms with Crippen LogP contribution in [0.3, 0.4) is 0 Å². The number of carboxylic acids is 1. The van der Waals surface area contributed by atoms with E-state index in [9.17, 15) is 9.90 Å². The first kappa shape index (κ1) is 17.6. The highest BCUT2D eigenvalue weighted by atomic mass is 16.5. The number of ether oxygens (including phenoxy) is 2. The number of aliphatic hydroxyl groups is 1. The Kier molecular flexibility index (Phi) is 6.45. The fourth-order valence-electron chi connectivity index (χ4n) is 2.24. The maximum Gasteiger partial charge on any atom is 0.354 e. The number of aliphatic hydroxyl groups excluding tert-OH is 1. The summed E-state index contributed by atoms with van der Waals surface area (Å²) in [6.07, 6.45) is -1.03. The highest BCUT2D eigenvalue weighted by Crippen LogP contribution is 2.18. The minimum atomic E-state index is -1.59. The van der Waals surface area contributed by atoms with Crippen LogP contribution in [0.2, 0.25) is 0 Å². The number of aliphatic carboxylic acids is 1. The normalized spacial score (nSPS) is 11.6. The van der Waals surface area contributed by atoms with Gasteiger partial charge in [0.1, 0.15) is 11.5 Å². The van der Waals surface area contributed by atoms with E-state index < -0.39 is 12.2 Å². The van der Waals surface area contributed by atoms with E-state index >= 15 is 0 Å². The van der Waals surface area contributed by atoms with Crippen molar-refractivity contribution in [3.8, 4) is 11.5 Å². The van der Waals surface area contributed by atoms with Gasteiger partial charge in [-0.1, -0.05) is 18.2 Å². The van der Waals surface area contributed by atoms with Crippen LogP contribution in [0.5, 0.6) is 11.5 Å². The van der Waals surface area contributed by atoms with E-state index in [0.29, 0.717) is 31.0 Å². The minimum absolute atomic E-state index is 0.355. The second-order valence-electron chi connectivity index (χ2n) is 5.12. The fourth-order valence-corrected chi connectivity index (χ4v) is 2.24. The van der Waals surface area contributed by atoms with Crippen LogP contribution in [0.1, 0.15) is 6.42 Å². The van der Waals surface area contributed by atoms with Gasteiger partial charge in [0.2, 0.25) is 6.23 Å². The van der Waals surface area contributed by atoms with Gasteiger partial charge < -0.3 is 24.6 Å². The smallest absolute Gasteiger partial charge is 0.354 e. The van der Waals surface area contributed by atoms with E-state index in [4.69, 9.17) is 14.6 Å². The number of benzene rings is 2. The van der Waals surface area contributed by atoms with Crippen LogP contribution in [0.25, 0.3) is 0 Å². The van der Waals surface area contributed by atoms with Crippen molar-refractivity contribution < 1.29 is 24.5 Å². The number of rotatable bonds is 9. The van der Waals surface area contributed by atoms with Crippen molar-refractivity contribution in [1.29, 1.82) is 0 Å². The summed E-state index contributed by atoms with van der Waals surface area (Å²) in [4.78, 5) is 12.5. The molecule has 0 aliphatic rings. The third kappa shape index (κ3) is 4.89. The Morgan fingerprint density at radius 2 is 1.71 bits per heavy atom. The van der Waals surface area contributed by atoms with E-state index in [1.165, 1.54) is 4.90 Å². The first-order valence-corrected chi connectivity index (χ1v) is 7.61. The number of carbonyl (C=O) groups is 1. The third-order valence-corrected chi connectivity index (χ3v) is 3.48. The molecule has 128 valence electrons. The third-order valence-electron chi connectivity index (χ3n) is 3.48. The molecular weight excluding hydrogens is 310 g/mol. The molecule has 2 aromatic carbocycles. The van der Waals surface area contributed by atoms with E-state index in [1.807, 2.05) is 6.07 Å². The predicted molar refractivity (Wildman–Crippen MR) is 90.5 cm³/mol. The Labute approximate surface area is 140 Å². The zero-order valence-corrected chi connectivity index (χ0v) is 13.5. The molecule has 2 aromatic rings. The van der Waals surface area contributed by atoms with Gasteiger partial charge >= 0.3 is 5.97 Å². The number of anilines is 1. The summed E-state index contributed by atoms with van der Waals surface area (Å²) >= 11 is 0. The molecule has 1 unspecified atom stereocenters. The van der Waals surface area contributed by atoms with Crippen LogP contribution in [0.15, 0.2) is 54.6 Å². The monoisotopic (exact) mass is 331 g/mol. The number of nitrogens with zero attached hydrogens (tertiary/aromatic N) is 1. The molecule has 0 aromatic heterocycles. The lowest BCUT2D eigenvalue weighted by molar-refractivity contribution is -0.146. The Morgan fingerprint density at radius 3 is 2.29 bits per heavy atom. The quantitative estimate of drug-likeness (QED) is 0.542. The molecule has 2 rings (SSSR count). The number of carboxylic acid groups (broad SMARTS) is 1. The minimum Gasteiger partial charge on any atom is -0.497 e. The van der Waals surface area contributed by atoms with Crippen LogP contribution < -0.4 is 14.4 Å². The molecule has 6 heteroatoms. The molecule has 2 N–H and O–H groups in total. The molecule has 0 fully saturated rings. The van der Waals surface area contributed by atoms with Gasteiger partial charge in [0, 0.05) is 12.2 Å². The second kappa shape index (κ2) is 8.79. The molecule has 0 radical (unpaired) electrons. The maximum absolute atomic E-state index is 11.1. The highest BCUT2D eigenvalue weighted by Gasteiger charge is 2.22. The summed E-state index contributed by atoms with van der Waals surface area (Å²) in [6.45, 7) is 0.760. The molecular formula is C18H21NO5. The molecule has 0 heterocycles. The number of para-hydroxylation sites is 1. The summed E-state index contributed by atoms with van der Waals surface area (Å²) < 4.78 is 10.7. The lowest BCUT2D eigenvalue weighted by Crippen LogP contribution is -2.42. The number of hydrogen-bond acceptors (Lipinski definition) is 5. The Hall–Kier alpha value is -2.73. The summed E-state index contributed by atoms with van der Waals surface area (Å²) in [5, 5.41) is 18.9. The summed E-state index contributed by atoms with van der Waals surface area (Å²) in [5.74, 6) is 0.179. The van der Waals surface area contributed by atoms with Gasteiger partial charge in [0.05, 0.1) is 13.7 Å². The summed E-state index contributed by atoms with van der Waals surface area (Å²) in [5.41, 5.74) is 0.650. The van der Waals surface area contributed by atoms with Crippen LogP contribution >= 0.6 is 0 Å². The standard InChI is InChI=1S/C18H21NO5/c1-23-15-8-10-16(11-9-15)24-13-5-12-19(17(20)18(21)22)14-6-3-2-4-7-14/h2-4,6-11,17,20H,5,12-13H2,1H3,(H,21,22). The van der Waals surface area contributed by atoms with Gasteiger partial charge in [0.15, 0.2) is 0 Å². The van der Waals surface area contributed by atoms with Crippen LogP contribution in [-0.2, 0) is 4.79 Å². The van der Waals surface area contributed by atoms with E-state index in [2.05, 4.69) is 0 Å². The summed E-state index contributed by atoms with van der Waals surface area (Å²) in [7, 11) is 1.60. The Morgan fingerprint density at radius 1 is 1.08 bits per heavy atom. The zero-order valence-electron chi connectivity index (χ0n) is 13.5.